The molecule has 0 bridgehead atoms. The Morgan fingerprint density at radius 3 is 2.21 bits per heavy atom. The molecule has 3 aromatic carbocycles. The fourth-order valence-corrected chi connectivity index (χ4v) is 4.64. The normalized spacial score (nSPS) is 14.0. The first-order valence-electron chi connectivity index (χ1n) is 11.4. The summed E-state index contributed by atoms with van der Waals surface area (Å²) in [5.74, 6) is 0. The molecule has 0 radical (unpaired) electrons. The van der Waals surface area contributed by atoms with Crippen LogP contribution in [0, 0.1) is 0 Å². The first kappa shape index (κ1) is 19.8. The molecule has 4 heteroatoms. The molecule has 1 saturated heterocycles. The molecule has 33 heavy (non-hydrogen) atoms. The van der Waals surface area contributed by atoms with Gasteiger partial charge in [-0.3, -0.25) is 4.98 Å². The molecule has 4 nitrogen and oxygen atoms in total. The summed E-state index contributed by atoms with van der Waals surface area (Å²) in [4.78, 5) is 7.25. The lowest BCUT2D eigenvalue weighted by atomic mass is 9.95. The standard InChI is InChI=1S/C29H25N3O/c1-2-6-22(7-3-1)25-8-4-5-9-26(25)27-20-33-28-18-23(19-31-29(27)28)21-10-12-24(13-11-21)32-16-14-30-15-17-32/h1-13,18-20,30H,14-17H2. The number of anilines is 1. The Labute approximate surface area is 193 Å². The Morgan fingerprint density at radius 1 is 0.697 bits per heavy atom. The van der Waals surface area contributed by atoms with Crippen LogP contribution in [-0.4, -0.2) is 31.2 Å². The van der Waals surface area contributed by atoms with E-state index in [4.69, 9.17) is 9.40 Å². The van der Waals surface area contributed by atoms with Gasteiger partial charge in [0, 0.05) is 49.2 Å². The SMILES string of the molecule is c1ccc(-c2ccccc2-c2coc3cc(-c4ccc(N5CCNCC5)cc4)cnc23)cc1. The van der Waals surface area contributed by atoms with Gasteiger partial charge in [0.05, 0.1) is 0 Å². The van der Waals surface area contributed by atoms with Gasteiger partial charge in [0.25, 0.3) is 0 Å². The Balaban J connectivity index is 1.34. The number of piperazine rings is 1. The van der Waals surface area contributed by atoms with Crippen LogP contribution >= 0.6 is 0 Å². The predicted octanol–water partition coefficient (Wildman–Crippen LogP) is 6.24. The molecule has 0 atom stereocenters. The van der Waals surface area contributed by atoms with E-state index in [0.717, 1.165) is 59.5 Å². The number of pyridine rings is 1. The average Bonchev–Trinajstić information content (AvgIpc) is 3.33. The first-order chi connectivity index (χ1) is 16.4. The van der Waals surface area contributed by atoms with Gasteiger partial charge < -0.3 is 14.6 Å². The number of benzene rings is 3. The second-order valence-electron chi connectivity index (χ2n) is 8.42. The van der Waals surface area contributed by atoms with E-state index < -0.39 is 0 Å². The van der Waals surface area contributed by atoms with E-state index in [1.165, 1.54) is 16.8 Å². The molecular formula is C29H25N3O. The second-order valence-corrected chi connectivity index (χ2v) is 8.42. The van der Waals surface area contributed by atoms with Crippen LogP contribution in [0.1, 0.15) is 0 Å². The van der Waals surface area contributed by atoms with E-state index in [0.29, 0.717) is 0 Å². The molecule has 0 amide bonds. The molecule has 3 heterocycles. The van der Waals surface area contributed by atoms with Crippen LogP contribution in [0.3, 0.4) is 0 Å². The molecule has 5 aromatic rings. The summed E-state index contributed by atoms with van der Waals surface area (Å²) in [6, 6.07) is 29.7. The molecule has 0 aliphatic carbocycles. The average molecular weight is 432 g/mol. The van der Waals surface area contributed by atoms with Gasteiger partial charge in [-0.1, -0.05) is 66.7 Å². The Bertz CT molecular complexity index is 1380. The lowest BCUT2D eigenvalue weighted by Crippen LogP contribution is -2.43. The van der Waals surface area contributed by atoms with E-state index in [9.17, 15) is 0 Å². The van der Waals surface area contributed by atoms with Crippen LogP contribution in [0.2, 0.25) is 0 Å². The zero-order valence-corrected chi connectivity index (χ0v) is 18.4. The van der Waals surface area contributed by atoms with Gasteiger partial charge in [0.2, 0.25) is 0 Å². The van der Waals surface area contributed by atoms with Crippen LogP contribution in [0.5, 0.6) is 0 Å². The van der Waals surface area contributed by atoms with Gasteiger partial charge >= 0.3 is 0 Å². The zero-order valence-electron chi connectivity index (χ0n) is 18.4. The third-order valence-corrected chi connectivity index (χ3v) is 6.40. The Kier molecular flexibility index (Phi) is 5.13. The van der Waals surface area contributed by atoms with Crippen molar-refractivity contribution < 1.29 is 4.42 Å². The maximum absolute atomic E-state index is 6.00. The molecule has 0 saturated carbocycles. The molecule has 1 aliphatic heterocycles. The van der Waals surface area contributed by atoms with Crippen molar-refractivity contribution in [1.82, 2.24) is 10.3 Å². The smallest absolute Gasteiger partial charge is 0.153 e. The summed E-state index contributed by atoms with van der Waals surface area (Å²) in [5.41, 5.74) is 9.67. The van der Waals surface area contributed by atoms with Crippen molar-refractivity contribution in [3.63, 3.8) is 0 Å². The maximum Gasteiger partial charge on any atom is 0.153 e. The number of nitrogens with one attached hydrogen (secondary N) is 1. The highest BCUT2D eigenvalue weighted by Crippen LogP contribution is 2.37. The van der Waals surface area contributed by atoms with Crippen molar-refractivity contribution in [3.05, 3.63) is 97.4 Å². The third-order valence-electron chi connectivity index (χ3n) is 6.40. The molecular weight excluding hydrogens is 406 g/mol. The molecule has 1 fully saturated rings. The highest BCUT2D eigenvalue weighted by molar-refractivity contribution is 5.97. The van der Waals surface area contributed by atoms with Gasteiger partial charge in [-0.15, -0.1) is 0 Å². The van der Waals surface area contributed by atoms with Crippen LogP contribution in [0.25, 0.3) is 44.5 Å². The monoisotopic (exact) mass is 431 g/mol. The number of hydrogen-bond donors (Lipinski definition) is 1. The zero-order chi connectivity index (χ0) is 22.0. The number of hydrogen-bond acceptors (Lipinski definition) is 4. The van der Waals surface area contributed by atoms with Crippen molar-refractivity contribution in [2.75, 3.05) is 31.1 Å². The minimum atomic E-state index is 0.802. The minimum absolute atomic E-state index is 0.802. The van der Waals surface area contributed by atoms with Gasteiger partial charge in [-0.25, -0.2) is 0 Å². The minimum Gasteiger partial charge on any atom is -0.462 e. The van der Waals surface area contributed by atoms with E-state index >= 15 is 0 Å². The van der Waals surface area contributed by atoms with E-state index in [1.807, 2.05) is 18.5 Å². The van der Waals surface area contributed by atoms with Gasteiger partial charge in [-0.2, -0.15) is 0 Å². The fraction of sp³-hybridized carbons (Fsp3) is 0.138. The van der Waals surface area contributed by atoms with Crippen molar-refractivity contribution in [3.8, 4) is 33.4 Å². The van der Waals surface area contributed by atoms with Crippen molar-refractivity contribution in [2.45, 2.75) is 0 Å². The van der Waals surface area contributed by atoms with Crippen LogP contribution < -0.4 is 10.2 Å². The largest absolute Gasteiger partial charge is 0.462 e. The molecule has 1 aliphatic rings. The number of furan rings is 1. The summed E-state index contributed by atoms with van der Waals surface area (Å²) in [6.45, 7) is 4.17. The molecule has 162 valence electrons. The van der Waals surface area contributed by atoms with Crippen LogP contribution in [-0.2, 0) is 0 Å². The van der Waals surface area contributed by atoms with Gasteiger partial charge in [0.1, 0.15) is 11.8 Å². The fourth-order valence-electron chi connectivity index (χ4n) is 4.64. The highest BCUT2D eigenvalue weighted by atomic mass is 16.3. The molecule has 2 aromatic heterocycles. The Hall–Kier alpha value is -3.89. The first-order valence-corrected chi connectivity index (χ1v) is 11.4. The number of nitrogens with zero attached hydrogens (tertiary/aromatic N) is 2. The lowest BCUT2D eigenvalue weighted by molar-refractivity contribution is 0.589. The Morgan fingerprint density at radius 2 is 1.42 bits per heavy atom. The molecule has 0 unspecified atom stereocenters. The van der Waals surface area contributed by atoms with Crippen molar-refractivity contribution >= 4 is 16.8 Å². The van der Waals surface area contributed by atoms with Crippen LogP contribution in [0.15, 0.2) is 102 Å². The second kappa shape index (κ2) is 8.57. The lowest BCUT2D eigenvalue weighted by Gasteiger charge is -2.29. The summed E-state index contributed by atoms with van der Waals surface area (Å²) in [6.07, 6.45) is 3.78. The van der Waals surface area contributed by atoms with Crippen molar-refractivity contribution in [2.24, 2.45) is 0 Å². The number of fused-ring (bicyclic) bond motifs is 1. The van der Waals surface area contributed by atoms with Gasteiger partial charge in [-0.05, 0) is 40.5 Å². The number of rotatable bonds is 4. The summed E-state index contributed by atoms with van der Waals surface area (Å²) in [5, 5.41) is 3.40. The van der Waals surface area contributed by atoms with Gasteiger partial charge in [0.15, 0.2) is 5.58 Å². The quantitative estimate of drug-likeness (QED) is 0.366. The van der Waals surface area contributed by atoms with E-state index in [2.05, 4.69) is 89.1 Å². The summed E-state index contributed by atoms with van der Waals surface area (Å²) in [7, 11) is 0. The molecule has 6 rings (SSSR count). The predicted molar refractivity (Wildman–Crippen MR) is 135 cm³/mol. The highest BCUT2D eigenvalue weighted by Gasteiger charge is 2.15. The molecule has 0 spiro atoms. The summed E-state index contributed by atoms with van der Waals surface area (Å²) < 4.78 is 6.00. The van der Waals surface area contributed by atoms with E-state index in [-0.39, 0.29) is 0 Å². The maximum atomic E-state index is 6.00. The van der Waals surface area contributed by atoms with Crippen LogP contribution in [0.4, 0.5) is 5.69 Å². The number of aromatic nitrogens is 1. The van der Waals surface area contributed by atoms with E-state index in [1.54, 1.807) is 0 Å². The molecule has 1 N–H and O–H groups in total. The topological polar surface area (TPSA) is 41.3 Å². The van der Waals surface area contributed by atoms with Crippen molar-refractivity contribution in [1.29, 1.82) is 0 Å². The summed E-state index contributed by atoms with van der Waals surface area (Å²) >= 11 is 0. The third kappa shape index (κ3) is 3.79.